The summed E-state index contributed by atoms with van der Waals surface area (Å²) in [7, 11) is 0. The highest BCUT2D eigenvalue weighted by atomic mass is 16.3. The van der Waals surface area contributed by atoms with Gasteiger partial charge in [-0.15, -0.1) is 0 Å². The van der Waals surface area contributed by atoms with Crippen LogP contribution in [0, 0.1) is 12.8 Å². The first-order chi connectivity index (χ1) is 9.86. The molecule has 1 saturated heterocycles. The van der Waals surface area contributed by atoms with Crippen molar-refractivity contribution >= 4 is 11.6 Å². The number of nitrogens with zero attached hydrogens (tertiary/aromatic N) is 3. The number of anilines is 2. The molecule has 118 valence electrons. The second kappa shape index (κ2) is 6.18. The van der Waals surface area contributed by atoms with E-state index in [2.05, 4.69) is 44.8 Å². The normalized spacial score (nSPS) is 19.1. The molecule has 1 unspecified atom stereocenters. The second-order valence-corrected chi connectivity index (χ2v) is 6.91. The third kappa shape index (κ3) is 3.46. The zero-order valence-electron chi connectivity index (χ0n) is 13.9. The highest BCUT2D eigenvalue weighted by Crippen LogP contribution is 2.31. The lowest BCUT2D eigenvalue weighted by Crippen LogP contribution is -2.26. The van der Waals surface area contributed by atoms with Crippen molar-refractivity contribution in [3.8, 4) is 0 Å². The third-order valence-electron chi connectivity index (χ3n) is 3.98. The van der Waals surface area contributed by atoms with Gasteiger partial charge in [-0.2, -0.15) is 0 Å². The Balaban J connectivity index is 2.41. The summed E-state index contributed by atoms with van der Waals surface area (Å²) >= 11 is 0. The van der Waals surface area contributed by atoms with E-state index in [4.69, 9.17) is 9.97 Å². The Kier molecular flexibility index (Phi) is 4.71. The van der Waals surface area contributed by atoms with Crippen LogP contribution in [0.25, 0.3) is 0 Å². The highest BCUT2D eigenvalue weighted by Gasteiger charge is 2.27. The van der Waals surface area contributed by atoms with E-state index in [1.807, 2.05) is 0 Å². The molecule has 2 rings (SSSR count). The SMILES string of the molecule is CCNc1nc(C(C)(C)C)nc(N2CCC(CO)C2)c1C. The summed E-state index contributed by atoms with van der Waals surface area (Å²) in [5.41, 5.74) is 1.02. The van der Waals surface area contributed by atoms with Crippen LogP contribution in [0.15, 0.2) is 0 Å². The van der Waals surface area contributed by atoms with Gasteiger partial charge in [0.2, 0.25) is 0 Å². The summed E-state index contributed by atoms with van der Waals surface area (Å²) in [5.74, 6) is 3.17. The first-order valence-corrected chi connectivity index (χ1v) is 7.85. The Hall–Kier alpha value is -1.36. The fraction of sp³-hybridized carbons (Fsp3) is 0.750. The number of aliphatic hydroxyl groups excluding tert-OH is 1. The number of nitrogens with one attached hydrogen (secondary N) is 1. The van der Waals surface area contributed by atoms with Crippen molar-refractivity contribution in [1.29, 1.82) is 0 Å². The van der Waals surface area contributed by atoms with E-state index in [-0.39, 0.29) is 12.0 Å². The van der Waals surface area contributed by atoms with E-state index in [0.717, 1.165) is 49.1 Å². The summed E-state index contributed by atoms with van der Waals surface area (Å²) < 4.78 is 0. The van der Waals surface area contributed by atoms with Gasteiger partial charge in [-0.25, -0.2) is 9.97 Å². The maximum absolute atomic E-state index is 9.35. The van der Waals surface area contributed by atoms with Crippen molar-refractivity contribution in [2.24, 2.45) is 5.92 Å². The van der Waals surface area contributed by atoms with E-state index >= 15 is 0 Å². The van der Waals surface area contributed by atoms with Gasteiger partial charge >= 0.3 is 0 Å². The van der Waals surface area contributed by atoms with E-state index in [9.17, 15) is 5.11 Å². The summed E-state index contributed by atoms with van der Waals surface area (Å²) in [5, 5.41) is 12.7. The Morgan fingerprint density at radius 2 is 2.05 bits per heavy atom. The number of rotatable bonds is 4. The van der Waals surface area contributed by atoms with Crippen LogP contribution in [0.5, 0.6) is 0 Å². The van der Waals surface area contributed by atoms with Crippen LogP contribution in [0.4, 0.5) is 11.6 Å². The highest BCUT2D eigenvalue weighted by molar-refractivity contribution is 5.59. The largest absolute Gasteiger partial charge is 0.396 e. The Morgan fingerprint density at radius 1 is 1.33 bits per heavy atom. The van der Waals surface area contributed by atoms with Crippen LogP contribution >= 0.6 is 0 Å². The minimum Gasteiger partial charge on any atom is -0.396 e. The lowest BCUT2D eigenvalue weighted by Gasteiger charge is -2.25. The summed E-state index contributed by atoms with van der Waals surface area (Å²) in [4.78, 5) is 11.8. The molecule has 0 aliphatic carbocycles. The fourth-order valence-electron chi connectivity index (χ4n) is 2.66. The molecule has 1 atom stereocenters. The van der Waals surface area contributed by atoms with Gasteiger partial charge in [0, 0.05) is 43.1 Å². The molecule has 1 aliphatic heterocycles. The first-order valence-electron chi connectivity index (χ1n) is 7.85. The van der Waals surface area contributed by atoms with Crippen molar-refractivity contribution in [2.45, 2.75) is 46.5 Å². The molecule has 0 aromatic carbocycles. The van der Waals surface area contributed by atoms with Gasteiger partial charge in [-0.3, -0.25) is 0 Å². The second-order valence-electron chi connectivity index (χ2n) is 6.91. The fourth-order valence-corrected chi connectivity index (χ4v) is 2.66. The first kappa shape index (κ1) is 16.0. The summed E-state index contributed by atoms with van der Waals surface area (Å²) in [6.07, 6.45) is 1.03. The monoisotopic (exact) mass is 292 g/mol. The third-order valence-corrected chi connectivity index (χ3v) is 3.98. The smallest absolute Gasteiger partial charge is 0.138 e. The number of aromatic nitrogens is 2. The topological polar surface area (TPSA) is 61.3 Å². The molecule has 5 heteroatoms. The summed E-state index contributed by atoms with van der Waals surface area (Å²) in [6.45, 7) is 13.5. The van der Waals surface area contributed by atoms with Crippen LogP contribution in [-0.2, 0) is 5.41 Å². The van der Waals surface area contributed by atoms with Gasteiger partial charge in [0.05, 0.1) is 0 Å². The molecule has 2 N–H and O–H groups in total. The number of hydrogen-bond donors (Lipinski definition) is 2. The van der Waals surface area contributed by atoms with Crippen molar-refractivity contribution < 1.29 is 5.11 Å². The van der Waals surface area contributed by atoms with Crippen LogP contribution in [-0.4, -0.2) is 41.3 Å². The molecule has 0 amide bonds. The molecule has 1 aromatic rings. The molecular weight excluding hydrogens is 264 g/mol. The number of aliphatic hydroxyl groups is 1. The molecule has 0 saturated carbocycles. The average Bonchev–Trinajstić information content (AvgIpc) is 2.88. The van der Waals surface area contributed by atoms with E-state index in [1.54, 1.807) is 0 Å². The predicted molar refractivity (Wildman–Crippen MR) is 87.0 cm³/mol. The molecule has 1 aromatic heterocycles. The number of hydrogen-bond acceptors (Lipinski definition) is 5. The van der Waals surface area contributed by atoms with Crippen LogP contribution < -0.4 is 10.2 Å². The lowest BCUT2D eigenvalue weighted by molar-refractivity contribution is 0.238. The Labute approximate surface area is 127 Å². The molecule has 21 heavy (non-hydrogen) atoms. The molecule has 1 fully saturated rings. The maximum Gasteiger partial charge on any atom is 0.138 e. The van der Waals surface area contributed by atoms with Gasteiger partial charge < -0.3 is 15.3 Å². The maximum atomic E-state index is 9.35. The van der Waals surface area contributed by atoms with Crippen LogP contribution in [0.3, 0.4) is 0 Å². The van der Waals surface area contributed by atoms with Crippen LogP contribution in [0.2, 0.25) is 0 Å². The zero-order valence-corrected chi connectivity index (χ0v) is 13.9. The zero-order chi connectivity index (χ0) is 15.6. The molecular formula is C16H28N4O. The minimum atomic E-state index is -0.0806. The van der Waals surface area contributed by atoms with Gasteiger partial charge in [-0.1, -0.05) is 20.8 Å². The predicted octanol–water partition coefficient (Wildman–Crippen LogP) is 2.33. The molecule has 0 radical (unpaired) electrons. The van der Waals surface area contributed by atoms with E-state index < -0.39 is 0 Å². The molecule has 0 bridgehead atoms. The van der Waals surface area contributed by atoms with Crippen molar-refractivity contribution in [3.63, 3.8) is 0 Å². The average molecular weight is 292 g/mol. The van der Waals surface area contributed by atoms with Gasteiger partial charge in [-0.05, 0) is 20.3 Å². The van der Waals surface area contributed by atoms with E-state index in [0.29, 0.717) is 5.92 Å². The minimum absolute atomic E-state index is 0.0806. The Morgan fingerprint density at radius 3 is 2.57 bits per heavy atom. The van der Waals surface area contributed by atoms with Crippen molar-refractivity contribution in [2.75, 3.05) is 36.5 Å². The standard InChI is InChI=1S/C16H28N4O/c1-6-17-13-11(2)14(19-15(18-13)16(3,4)5)20-8-7-12(9-20)10-21/h12,21H,6-10H2,1-5H3,(H,17,18,19). The molecule has 0 spiro atoms. The molecule has 2 heterocycles. The van der Waals surface area contributed by atoms with Gasteiger partial charge in [0.1, 0.15) is 17.5 Å². The molecule has 1 aliphatic rings. The van der Waals surface area contributed by atoms with Crippen LogP contribution in [0.1, 0.15) is 45.5 Å². The van der Waals surface area contributed by atoms with Crippen molar-refractivity contribution in [3.05, 3.63) is 11.4 Å². The Bertz CT molecular complexity index is 496. The lowest BCUT2D eigenvalue weighted by atomic mass is 9.95. The van der Waals surface area contributed by atoms with Gasteiger partial charge in [0.15, 0.2) is 0 Å². The quantitative estimate of drug-likeness (QED) is 0.892. The molecule has 5 nitrogen and oxygen atoms in total. The van der Waals surface area contributed by atoms with E-state index in [1.165, 1.54) is 0 Å². The summed E-state index contributed by atoms with van der Waals surface area (Å²) in [6, 6.07) is 0. The van der Waals surface area contributed by atoms with Crippen molar-refractivity contribution in [1.82, 2.24) is 9.97 Å². The van der Waals surface area contributed by atoms with Gasteiger partial charge in [0.25, 0.3) is 0 Å².